The fourth-order valence-electron chi connectivity index (χ4n) is 2.68. The Morgan fingerprint density at radius 2 is 1.73 bits per heavy atom. The van der Waals surface area contributed by atoms with Crippen LogP contribution in [0.1, 0.15) is 5.69 Å². The monoisotopic (exact) mass is 358 g/mol. The SMILES string of the molecule is Fc1cc(-c2cccnc2)cc(-c2cnc3nc(C(F)(F)F)ccn23)c1. The molecule has 3 heterocycles. The number of fused-ring (bicyclic) bond motifs is 1. The Labute approximate surface area is 144 Å². The number of benzene rings is 1. The molecule has 0 aliphatic rings. The average molecular weight is 358 g/mol. The average Bonchev–Trinajstić information content (AvgIpc) is 3.04. The fourth-order valence-corrected chi connectivity index (χ4v) is 2.68. The Hall–Kier alpha value is -3.29. The molecule has 8 heteroatoms. The second-order valence-corrected chi connectivity index (χ2v) is 5.59. The molecular formula is C18H10F4N4. The number of pyridine rings is 1. The molecule has 0 aliphatic carbocycles. The van der Waals surface area contributed by atoms with Gasteiger partial charge in [0.15, 0.2) is 0 Å². The standard InChI is InChI=1S/C18H10F4N4/c19-14-7-12(11-2-1-4-23-9-11)6-13(8-14)15-10-24-17-25-16(18(20,21)22)3-5-26(15)17/h1-10H. The van der Waals surface area contributed by atoms with Crippen LogP contribution in [0.5, 0.6) is 0 Å². The summed E-state index contributed by atoms with van der Waals surface area (Å²) in [6.07, 6.45) is 1.24. The highest BCUT2D eigenvalue weighted by atomic mass is 19.4. The molecule has 4 nitrogen and oxygen atoms in total. The van der Waals surface area contributed by atoms with E-state index in [1.165, 1.54) is 28.9 Å². The van der Waals surface area contributed by atoms with Gasteiger partial charge in [0.2, 0.25) is 5.78 Å². The van der Waals surface area contributed by atoms with Crippen LogP contribution in [0, 0.1) is 5.82 Å². The van der Waals surface area contributed by atoms with Gasteiger partial charge in [-0.25, -0.2) is 14.4 Å². The number of hydrogen-bond acceptors (Lipinski definition) is 3. The highest BCUT2D eigenvalue weighted by Crippen LogP contribution is 2.30. The van der Waals surface area contributed by atoms with Crippen molar-refractivity contribution in [1.82, 2.24) is 19.4 Å². The summed E-state index contributed by atoms with van der Waals surface area (Å²) < 4.78 is 53.8. The second kappa shape index (κ2) is 5.91. The minimum atomic E-state index is -4.56. The van der Waals surface area contributed by atoms with Crippen LogP contribution in [0.25, 0.3) is 28.2 Å². The van der Waals surface area contributed by atoms with E-state index in [0.29, 0.717) is 16.8 Å². The first kappa shape index (κ1) is 16.2. The van der Waals surface area contributed by atoms with E-state index < -0.39 is 17.7 Å². The number of aromatic nitrogens is 4. The Balaban J connectivity index is 1.84. The summed E-state index contributed by atoms with van der Waals surface area (Å²) >= 11 is 0. The molecule has 0 amide bonds. The van der Waals surface area contributed by atoms with Crippen LogP contribution >= 0.6 is 0 Å². The summed E-state index contributed by atoms with van der Waals surface area (Å²) in [7, 11) is 0. The van der Waals surface area contributed by atoms with Crippen molar-refractivity contribution in [3.63, 3.8) is 0 Å². The predicted octanol–water partition coefficient (Wildman–Crippen LogP) is 4.62. The molecule has 0 N–H and O–H groups in total. The van der Waals surface area contributed by atoms with Crippen LogP contribution in [0.4, 0.5) is 17.6 Å². The van der Waals surface area contributed by atoms with Crippen LogP contribution < -0.4 is 0 Å². The smallest absolute Gasteiger partial charge is 0.284 e. The molecule has 4 aromatic rings. The molecule has 4 rings (SSSR count). The lowest BCUT2D eigenvalue weighted by Gasteiger charge is -2.08. The van der Waals surface area contributed by atoms with Crippen molar-refractivity contribution in [3.05, 3.63) is 72.7 Å². The van der Waals surface area contributed by atoms with Gasteiger partial charge in [-0.1, -0.05) is 6.07 Å². The third-order valence-corrected chi connectivity index (χ3v) is 3.86. The van der Waals surface area contributed by atoms with Crippen LogP contribution in [0.2, 0.25) is 0 Å². The largest absolute Gasteiger partial charge is 0.433 e. The zero-order chi connectivity index (χ0) is 18.3. The molecule has 0 unspecified atom stereocenters. The van der Waals surface area contributed by atoms with Crippen molar-refractivity contribution in [1.29, 1.82) is 0 Å². The molecule has 26 heavy (non-hydrogen) atoms. The molecule has 130 valence electrons. The normalized spacial score (nSPS) is 11.8. The Bertz CT molecular complexity index is 1090. The second-order valence-electron chi connectivity index (χ2n) is 5.59. The molecule has 0 saturated heterocycles. The predicted molar refractivity (Wildman–Crippen MR) is 86.6 cm³/mol. The van der Waals surface area contributed by atoms with Gasteiger partial charge in [-0.2, -0.15) is 13.2 Å². The molecule has 0 fully saturated rings. The number of hydrogen-bond donors (Lipinski definition) is 0. The van der Waals surface area contributed by atoms with Crippen molar-refractivity contribution < 1.29 is 17.6 Å². The van der Waals surface area contributed by atoms with Crippen molar-refractivity contribution in [2.24, 2.45) is 0 Å². The Morgan fingerprint density at radius 3 is 2.46 bits per heavy atom. The zero-order valence-corrected chi connectivity index (χ0v) is 13.1. The van der Waals surface area contributed by atoms with E-state index >= 15 is 0 Å². The highest BCUT2D eigenvalue weighted by molar-refractivity contribution is 5.72. The summed E-state index contributed by atoms with van der Waals surface area (Å²) in [5, 5.41) is 0. The van der Waals surface area contributed by atoms with Crippen molar-refractivity contribution in [2.45, 2.75) is 6.18 Å². The van der Waals surface area contributed by atoms with E-state index in [-0.39, 0.29) is 5.78 Å². The maximum absolute atomic E-state index is 14.1. The van der Waals surface area contributed by atoms with Gasteiger partial charge in [-0.15, -0.1) is 0 Å². The van der Waals surface area contributed by atoms with Gasteiger partial charge in [0, 0.05) is 29.7 Å². The first-order chi connectivity index (χ1) is 12.4. The molecule has 0 saturated carbocycles. The van der Waals surface area contributed by atoms with Crippen LogP contribution in [0.15, 0.2) is 61.2 Å². The van der Waals surface area contributed by atoms with E-state index in [9.17, 15) is 17.6 Å². The first-order valence-electron chi connectivity index (χ1n) is 7.54. The van der Waals surface area contributed by atoms with Gasteiger partial charge >= 0.3 is 6.18 Å². The zero-order valence-electron chi connectivity index (χ0n) is 13.1. The molecule has 0 radical (unpaired) electrons. The van der Waals surface area contributed by atoms with E-state index in [2.05, 4.69) is 15.0 Å². The maximum Gasteiger partial charge on any atom is 0.433 e. The summed E-state index contributed by atoms with van der Waals surface area (Å²) in [6.45, 7) is 0. The molecule has 0 spiro atoms. The van der Waals surface area contributed by atoms with Crippen LogP contribution in [-0.2, 0) is 6.18 Å². The Kier molecular flexibility index (Phi) is 3.68. The molecule has 3 aromatic heterocycles. The highest BCUT2D eigenvalue weighted by Gasteiger charge is 2.33. The molecule has 0 bridgehead atoms. The van der Waals surface area contributed by atoms with Crippen LogP contribution in [0.3, 0.4) is 0 Å². The lowest BCUT2D eigenvalue weighted by molar-refractivity contribution is -0.141. The topological polar surface area (TPSA) is 43.1 Å². The number of rotatable bonds is 2. The van der Waals surface area contributed by atoms with Crippen molar-refractivity contribution in [3.8, 4) is 22.4 Å². The fraction of sp³-hybridized carbons (Fsp3) is 0.0556. The van der Waals surface area contributed by atoms with Gasteiger partial charge in [-0.3, -0.25) is 9.38 Å². The van der Waals surface area contributed by atoms with E-state index in [1.54, 1.807) is 30.6 Å². The van der Waals surface area contributed by atoms with E-state index in [1.807, 2.05) is 0 Å². The van der Waals surface area contributed by atoms with Gasteiger partial charge in [0.25, 0.3) is 0 Å². The van der Waals surface area contributed by atoms with Gasteiger partial charge in [-0.05, 0) is 35.9 Å². The van der Waals surface area contributed by atoms with Gasteiger partial charge in [0.05, 0.1) is 11.9 Å². The lowest BCUT2D eigenvalue weighted by Crippen LogP contribution is -2.09. The van der Waals surface area contributed by atoms with Crippen molar-refractivity contribution >= 4 is 5.78 Å². The lowest BCUT2D eigenvalue weighted by atomic mass is 10.0. The maximum atomic E-state index is 14.1. The number of alkyl halides is 3. The first-order valence-corrected chi connectivity index (χ1v) is 7.54. The summed E-state index contributed by atoms with van der Waals surface area (Å²) in [6, 6.07) is 8.76. The number of nitrogens with zero attached hydrogens (tertiary/aromatic N) is 4. The number of halogens is 4. The molecule has 0 aliphatic heterocycles. The van der Waals surface area contributed by atoms with E-state index in [4.69, 9.17) is 0 Å². The van der Waals surface area contributed by atoms with E-state index in [0.717, 1.165) is 11.6 Å². The minimum Gasteiger partial charge on any atom is -0.284 e. The summed E-state index contributed by atoms with van der Waals surface area (Å²) in [5.74, 6) is -0.585. The quantitative estimate of drug-likeness (QED) is 0.491. The van der Waals surface area contributed by atoms with Crippen LogP contribution in [-0.4, -0.2) is 19.4 Å². The third kappa shape index (κ3) is 2.90. The summed E-state index contributed by atoms with van der Waals surface area (Å²) in [4.78, 5) is 11.4. The molecular weight excluding hydrogens is 348 g/mol. The summed E-state index contributed by atoms with van der Waals surface area (Å²) in [5.41, 5.74) is 1.20. The van der Waals surface area contributed by atoms with Gasteiger partial charge < -0.3 is 0 Å². The minimum absolute atomic E-state index is 0.109. The number of imidazole rings is 1. The van der Waals surface area contributed by atoms with Gasteiger partial charge in [0.1, 0.15) is 11.5 Å². The molecule has 0 atom stereocenters. The Morgan fingerprint density at radius 1 is 0.923 bits per heavy atom. The van der Waals surface area contributed by atoms with Crippen molar-refractivity contribution in [2.75, 3.05) is 0 Å². The molecule has 1 aromatic carbocycles. The third-order valence-electron chi connectivity index (χ3n) is 3.86.